The van der Waals surface area contributed by atoms with Gasteiger partial charge in [-0.3, -0.25) is 0 Å². The monoisotopic (exact) mass is 209 g/mol. The first kappa shape index (κ1) is 12.1. The molecular formula is C11H19N3O. The van der Waals surface area contributed by atoms with Gasteiger partial charge in [0.05, 0.1) is 18.8 Å². The van der Waals surface area contributed by atoms with Crippen molar-refractivity contribution < 1.29 is 4.74 Å². The minimum atomic E-state index is 0.0630. The van der Waals surface area contributed by atoms with Crippen molar-refractivity contribution in [2.45, 2.75) is 32.9 Å². The molecule has 1 N–H and O–H groups in total. The maximum Gasteiger partial charge on any atom is 0.147 e. The zero-order valence-electron chi connectivity index (χ0n) is 9.82. The van der Waals surface area contributed by atoms with E-state index in [1.54, 1.807) is 0 Å². The normalized spacial score (nSPS) is 13.1. The molecule has 1 rings (SSSR count). The zero-order valence-corrected chi connectivity index (χ0v) is 9.82. The summed E-state index contributed by atoms with van der Waals surface area (Å²) in [5, 5.41) is 3.14. The van der Waals surface area contributed by atoms with Crippen LogP contribution >= 0.6 is 0 Å². The van der Waals surface area contributed by atoms with E-state index in [0.29, 0.717) is 6.61 Å². The van der Waals surface area contributed by atoms with Gasteiger partial charge in [0.15, 0.2) is 0 Å². The fraction of sp³-hybridized carbons (Fsp3) is 0.636. The molecule has 1 aromatic heterocycles. The zero-order chi connectivity index (χ0) is 11.3. The molecule has 1 unspecified atom stereocenters. The highest BCUT2D eigenvalue weighted by Crippen LogP contribution is 2.08. The fourth-order valence-electron chi connectivity index (χ4n) is 1.16. The van der Waals surface area contributed by atoms with Gasteiger partial charge in [-0.15, -0.1) is 0 Å². The Morgan fingerprint density at radius 3 is 2.40 bits per heavy atom. The molecule has 1 heterocycles. The maximum atomic E-state index is 5.54. The van der Waals surface area contributed by atoms with E-state index < -0.39 is 0 Å². The molecule has 15 heavy (non-hydrogen) atoms. The van der Waals surface area contributed by atoms with Crippen molar-refractivity contribution in [3.63, 3.8) is 0 Å². The number of hydrogen-bond acceptors (Lipinski definition) is 4. The average molecular weight is 209 g/mol. The van der Waals surface area contributed by atoms with Crippen molar-refractivity contribution in [1.82, 2.24) is 15.3 Å². The van der Waals surface area contributed by atoms with Gasteiger partial charge in [0.2, 0.25) is 0 Å². The van der Waals surface area contributed by atoms with E-state index >= 15 is 0 Å². The molecule has 0 spiro atoms. The first-order chi connectivity index (χ1) is 7.13. The van der Waals surface area contributed by atoms with E-state index in [1.165, 1.54) is 0 Å². The van der Waals surface area contributed by atoms with E-state index in [9.17, 15) is 0 Å². The van der Waals surface area contributed by atoms with E-state index in [4.69, 9.17) is 4.74 Å². The topological polar surface area (TPSA) is 47.0 Å². The van der Waals surface area contributed by atoms with Crippen molar-refractivity contribution in [1.29, 1.82) is 0 Å². The molecule has 0 amide bonds. The van der Waals surface area contributed by atoms with E-state index in [-0.39, 0.29) is 12.1 Å². The van der Waals surface area contributed by atoms with Crippen LogP contribution in [0.1, 0.15) is 31.3 Å². The van der Waals surface area contributed by atoms with Gasteiger partial charge in [-0.1, -0.05) is 0 Å². The van der Waals surface area contributed by atoms with Gasteiger partial charge >= 0.3 is 0 Å². The lowest BCUT2D eigenvalue weighted by Gasteiger charge is -2.16. The number of likely N-dealkylation sites (N-methyl/N-ethyl adjacent to an activating group) is 1. The number of rotatable bonds is 5. The summed E-state index contributed by atoms with van der Waals surface area (Å²) in [4.78, 5) is 8.55. The van der Waals surface area contributed by atoms with Crippen LogP contribution < -0.4 is 5.32 Å². The standard InChI is InChI=1S/C11H19N3O/c1-8(2)15-7-10(12-4)11-13-5-9(3)6-14-11/h5-6,8,10,12H,7H2,1-4H3. The summed E-state index contributed by atoms with van der Waals surface area (Å²) in [5.74, 6) is 0.781. The Hall–Kier alpha value is -1.00. The van der Waals surface area contributed by atoms with Crippen LogP contribution in [0.15, 0.2) is 12.4 Å². The Morgan fingerprint density at radius 2 is 1.93 bits per heavy atom. The summed E-state index contributed by atoms with van der Waals surface area (Å²) in [6, 6.07) is 0.0630. The van der Waals surface area contributed by atoms with Crippen LogP contribution in [0, 0.1) is 6.92 Å². The largest absolute Gasteiger partial charge is 0.377 e. The van der Waals surface area contributed by atoms with Crippen molar-refractivity contribution in [3.8, 4) is 0 Å². The Labute approximate surface area is 91.1 Å². The summed E-state index contributed by atoms with van der Waals surface area (Å²) in [6.07, 6.45) is 3.87. The summed E-state index contributed by atoms with van der Waals surface area (Å²) in [6.45, 7) is 6.60. The van der Waals surface area contributed by atoms with Crippen molar-refractivity contribution >= 4 is 0 Å². The molecule has 0 radical (unpaired) electrons. The quantitative estimate of drug-likeness (QED) is 0.797. The molecule has 1 aromatic rings. The molecule has 0 bridgehead atoms. The molecule has 4 nitrogen and oxygen atoms in total. The lowest BCUT2D eigenvalue weighted by molar-refractivity contribution is 0.0610. The van der Waals surface area contributed by atoms with Gasteiger partial charge in [-0.25, -0.2) is 9.97 Å². The molecular weight excluding hydrogens is 190 g/mol. The van der Waals surface area contributed by atoms with E-state index in [2.05, 4.69) is 15.3 Å². The highest BCUT2D eigenvalue weighted by molar-refractivity contribution is 5.04. The molecule has 0 aliphatic carbocycles. The van der Waals surface area contributed by atoms with Crippen LogP contribution in [-0.2, 0) is 4.74 Å². The first-order valence-electron chi connectivity index (χ1n) is 5.21. The third-order valence-electron chi connectivity index (χ3n) is 2.06. The molecule has 0 saturated heterocycles. The second-order valence-electron chi connectivity index (χ2n) is 3.84. The maximum absolute atomic E-state index is 5.54. The van der Waals surface area contributed by atoms with Crippen LogP contribution in [0.3, 0.4) is 0 Å². The molecule has 0 fully saturated rings. The number of hydrogen-bond donors (Lipinski definition) is 1. The number of nitrogens with zero attached hydrogens (tertiary/aromatic N) is 2. The SMILES string of the molecule is CNC(COC(C)C)c1ncc(C)cn1. The van der Waals surface area contributed by atoms with E-state index in [0.717, 1.165) is 11.4 Å². The minimum absolute atomic E-state index is 0.0630. The van der Waals surface area contributed by atoms with Gasteiger partial charge in [0.1, 0.15) is 5.82 Å². The summed E-state index contributed by atoms with van der Waals surface area (Å²) in [7, 11) is 1.89. The second-order valence-corrected chi connectivity index (χ2v) is 3.84. The van der Waals surface area contributed by atoms with E-state index in [1.807, 2.05) is 40.2 Å². The molecule has 0 aliphatic rings. The molecule has 0 aliphatic heterocycles. The third-order valence-corrected chi connectivity index (χ3v) is 2.06. The summed E-state index contributed by atoms with van der Waals surface area (Å²) in [5.41, 5.74) is 1.07. The predicted molar refractivity (Wildman–Crippen MR) is 59.7 cm³/mol. The van der Waals surface area contributed by atoms with Gasteiger partial charge in [-0.05, 0) is 33.4 Å². The molecule has 0 saturated carbocycles. The van der Waals surface area contributed by atoms with Crippen LogP contribution in [-0.4, -0.2) is 29.7 Å². The molecule has 1 atom stereocenters. The van der Waals surface area contributed by atoms with Crippen LogP contribution in [0.2, 0.25) is 0 Å². The number of aromatic nitrogens is 2. The highest BCUT2D eigenvalue weighted by atomic mass is 16.5. The number of nitrogens with one attached hydrogen (secondary N) is 1. The highest BCUT2D eigenvalue weighted by Gasteiger charge is 2.12. The minimum Gasteiger partial charge on any atom is -0.377 e. The molecule has 0 aromatic carbocycles. The Bertz CT molecular complexity index is 284. The van der Waals surface area contributed by atoms with Crippen LogP contribution in [0.25, 0.3) is 0 Å². The van der Waals surface area contributed by atoms with Crippen molar-refractivity contribution in [2.75, 3.05) is 13.7 Å². The Kier molecular flexibility index (Phi) is 4.65. The Morgan fingerprint density at radius 1 is 1.33 bits per heavy atom. The summed E-state index contributed by atoms with van der Waals surface area (Å²) >= 11 is 0. The Balaban J connectivity index is 2.61. The van der Waals surface area contributed by atoms with Gasteiger partial charge in [-0.2, -0.15) is 0 Å². The van der Waals surface area contributed by atoms with Crippen molar-refractivity contribution in [2.24, 2.45) is 0 Å². The average Bonchev–Trinajstić information content (AvgIpc) is 2.21. The smallest absolute Gasteiger partial charge is 0.147 e. The fourth-order valence-corrected chi connectivity index (χ4v) is 1.16. The number of aryl methyl sites for hydroxylation is 1. The molecule has 84 valence electrons. The number of ether oxygens (including phenoxy) is 1. The molecule has 4 heteroatoms. The summed E-state index contributed by atoms with van der Waals surface area (Å²) < 4.78 is 5.54. The second kappa shape index (κ2) is 5.78. The van der Waals surface area contributed by atoms with Gasteiger partial charge in [0, 0.05) is 12.4 Å². The lowest BCUT2D eigenvalue weighted by atomic mass is 10.3. The van der Waals surface area contributed by atoms with Gasteiger partial charge in [0.25, 0.3) is 0 Å². The van der Waals surface area contributed by atoms with Gasteiger partial charge < -0.3 is 10.1 Å². The first-order valence-corrected chi connectivity index (χ1v) is 5.21. The predicted octanol–water partition coefficient (Wildman–Crippen LogP) is 1.47. The van der Waals surface area contributed by atoms with Crippen LogP contribution in [0.5, 0.6) is 0 Å². The van der Waals surface area contributed by atoms with Crippen molar-refractivity contribution in [3.05, 3.63) is 23.8 Å². The third kappa shape index (κ3) is 3.93. The van der Waals surface area contributed by atoms with Crippen LogP contribution in [0.4, 0.5) is 0 Å². The lowest BCUT2D eigenvalue weighted by Crippen LogP contribution is -2.25.